The first-order valence-corrected chi connectivity index (χ1v) is 7.98. The van der Waals surface area contributed by atoms with Crippen molar-refractivity contribution < 1.29 is 4.79 Å². The van der Waals surface area contributed by atoms with Crippen LogP contribution in [0.5, 0.6) is 0 Å². The van der Waals surface area contributed by atoms with Crippen molar-refractivity contribution in [3.63, 3.8) is 0 Å². The van der Waals surface area contributed by atoms with E-state index in [1.54, 1.807) is 0 Å². The fraction of sp³-hybridized carbons (Fsp3) is 0.250. The Morgan fingerprint density at radius 1 is 1.13 bits per heavy atom. The molecule has 0 radical (unpaired) electrons. The number of benzene rings is 2. The molecule has 3 rings (SSSR count). The highest BCUT2D eigenvalue weighted by Gasteiger charge is 2.11. The third-order valence-corrected chi connectivity index (χ3v) is 4.26. The summed E-state index contributed by atoms with van der Waals surface area (Å²) in [4.78, 5) is 17.5. The standard InChI is InChI=1S/C20H22N2O/c1-15-6-5-7-16(12-15)13-20(23)22(2)11-10-17-14-21-19-9-4-3-8-18(17)19/h3-9,12,14,21H,10-11,13H2,1-2H3. The molecule has 1 heterocycles. The molecule has 1 amide bonds. The Balaban J connectivity index is 1.60. The van der Waals surface area contributed by atoms with Crippen molar-refractivity contribution in [3.05, 3.63) is 71.4 Å². The van der Waals surface area contributed by atoms with Crippen LogP contribution in [0.1, 0.15) is 16.7 Å². The van der Waals surface area contributed by atoms with Crippen LogP contribution in [0.15, 0.2) is 54.7 Å². The van der Waals surface area contributed by atoms with Crippen LogP contribution in [0.25, 0.3) is 10.9 Å². The predicted molar refractivity (Wildman–Crippen MR) is 94.5 cm³/mol. The van der Waals surface area contributed by atoms with E-state index in [2.05, 4.69) is 36.2 Å². The number of amides is 1. The van der Waals surface area contributed by atoms with Crippen molar-refractivity contribution in [1.29, 1.82) is 0 Å². The minimum atomic E-state index is 0.162. The molecule has 0 aliphatic heterocycles. The quantitative estimate of drug-likeness (QED) is 0.766. The number of rotatable bonds is 5. The lowest BCUT2D eigenvalue weighted by Gasteiger charge is -2.17. The number of aromatic nitrogens is 1. The number of aromatic amines is 1. The Kier molecular flexibility index (Phi) is 4.47. The highest BCUT2D eigenvalue weighted by molar-refractivity contribution is 5.83. The van der Waals surface area contributed by atoms with E-state index in [4.69, 9.17) is 0 Å². The van der Waals surface area contributed by atoms with Gasteiger partial charge in [-0.1, -0.05) is 48.0 Å². The molecule has 23 heavy (non-hydrogen) atoms. The molecule has 0 saturated carbocycles. The summed E-state index contributed by atoms with van der Waals surface area (Å²) < 4.78 is 0. The highest BCUT2D eigenvalue weighted by Crippen LogP contribution is 2.18. The van der Waals surface area contributed by atoms with Crippen LogP contribution in [0, 0.1) is 6.92 Å². The van der Waals surface area contributed by atoms with Crippen LogP contribution in [0.4, 0.5) is 0 Å². The summed E-state index contributed by atoms with van der Waals surface area (Å²) in [6.07, 6.45) is 3.37. The monoisotopic (exact) mass is 306 g/mol. The first-order valence-electron chi connectivity index (χ1n) is 7.98. The molecule has 0 unspecified atom stereocenters. The van der Waals surface area contributed by atoms with E-state index in [9.17, 15) is 4.79 Å². The summed E-state index contributed by atoms with van der Waals surface area (Å²) in [6, 6.07) is 16.4. The van der Waals surface area contributed by atoms with Crippen LogP contribution >= 0.6 is 0 Å². The van der Waals surface area contributed by atoms with Crippen LogP contribution in [0.2, 0.25) is 0 Å². The van der Waals surface area contributed by atoms with Gasteiger partial charge < -0.3 is 9.88 Å². The van der Waals surface area contributed by atoms with Crippen LogP contribution in [-0.4, -0.2) is 29.4 Å². The zero-order valence-corrected chi connectivity index (χ0v) is 13.7. The third-order valence-electron chi connectivity index (χ3n) is 4.26. The average Bonchev–Trinajstić information content (AvgIpc) is 2.96. The fourth-order valence-corrected chi connectivity index (χ4v) is 2.88. The normalized spacial score (nSPS) is 10.9. The molecule has 0 spiro atoms. The smallest absolute Gasteiger partial charge is 0.226 e. The number of likely N-dealkylation sites (N-methyl/N-ethyl adjacent to an activating group) is 1. The number of H-pyrrole nitrogens is 1. The van der Waals surface area contributed by atoms with Gasteiger partial charge in [0.15, 0.2) is 0 Å². The zero-order chi connectivity index (χ0) is 16.2. The molecule has 0 aliphatic rings. The molecule has 3 nitrogen and oxygen atoms in total. The maximum atomic E-state index is 12.4. The van der Waals surface area contributed by atoms with E-state index < -0.39 is 0 Å². The number of nitrogens with zero attached hydrogens (tertiary/aromatic N) is 1. The second-order valence-corrected chi connectivity index (χ2v) is 6.09. The summed E-state index contributed by atoms with van der Waals surface area (Å²) in [5.41, 5.74) is 4.68. The average molecular weight is 306 g/mol. The van der Waals surface area contributed by atoms with Gasteiger partial charge in [0.2, 0.25) is 5.91 Å². The molecule has 2 aromatic carbocycles. The number of para-hydroxylation sites is 1. The lowest BCUT2D eigenvalue weighted by molar-refractivity contribution is -0.129. The molecule has 0 aliphatic carbocycles. The van der Waals surface area contributed by atoms with E-state index in [-0.39, 0.29) is 5.91 Å². The lowest BCUT2D eigenvalue weighted by atomic mass is 10.1. The summed E-state index contributed by atoms with van der Waals surface area (Å²) in [5, 5.41) is 1.24. The van der Waals surface area contributed by atoms with Gasteiger partial charge in [-0.3, -0.25) is 4.79 Å². The number of aryl methyl sites for hydroxylation is 1. The van der Waals surface area contributed by atoms with Gasteiger partial charge in [0.05, 0.1) is 6.42 Å². The molecule has 0 fully saturated rings. The van der Waals surface area contributed by atoms with Gasteiger partial charge in [0, 0.05) is 30.7 Å². The van der Waals surface area contributed by atoms with E-state index in [1.807, 2.05) is 42.4 Å². The molecular formula is C20H22N2O. The lowest BCUT2D eigenvalue weighted by Crippen LogP contribution is -2.30. The summed E-state index contributed by atoms with van der Waals surface area (Å²) in [6.45, 7) is 2.78. The second-order valence-electron chi connectivity index (χ2n) is 6.09. The SMILES string of the molecule is Cc1cccc(CC(=O)N(C)CCc2c[nH]c3ccccc23)c1. The van der Waals surface area contributed by atoms with Gasteiger partial charge in [0.25, 0.3) is 0 Å². The Bertz CT molecular complexity index is 819. The molecule has 0 atom stereocenters. The van der Waals surface area contributed by atoms with Gasteiger partial charge in [-0.2, -0.15) is 0 Å². The number of nitrogens with one attached hydrogen (secondary N) is 1. The van der Waals surface area contributed by atoms with Crippen LogP contribution in [-0.2, 0) is 17.6 Å². The predicted octanol–water partition coefficient (Wildman–Crippen LogP) is 3.72. The van der Waals surface area contributed by atoms with Gasteiger partial charge in [-0.15, -0.1) is 0 Å². The van der Waals surface area contributed by atoms with Crippen molar-refractivity contribution in [2.24, 2.45) is 0 Å². The fourth-order valence-electron chi connectivity index (χ4n) is 2.88. The molecule has 1 N–H and O–H groups in total. The molecule has 3 heteroatoms. The van der Waals surface area contributed by atoms with Gasteiger partial charge >= 0.3 is 0 Å². The summed E-state index contributed by atoms with van der Waals surface area (Å²) in [7, 11) is 1.88. The Hall–Kier alpha value is -2.55. The van der Waals surface area contributed by atoms with E-state index in [1.165, 1.54) is 16.5 Å². The minimum Gasteiger partial charge on any atom is -0.361 e. The van der Waals surface area contributed by atoms with E-state index in [0.717, 1.165) is 24.0 Å². The van der Waals surface area contributed by atoms with Crippen LogP contribution in [0.3, 0.4) is 0 Å². The first-order chi connectivity index (χ1) is 11.1. The van der Waals surface area contributed by atoms with Crippen molar-refractivity contribution in [2.45, 2.75) is 19.8 Å². The van der Waals surface area contributed by atoms with Gasteiger partial charge in [-0.25, -0.2) is 0 Å². The number of fused-ring (bicyclic) bond motifs is 1. The van der Waals surface area contributed by atoms with Crippen molar-refractivity contribution in [2.75, 3.05) is 13.6 Å². The summed E-state index contributed by atoms with van der Waals surface area (Å²) >= 11 is 0. The maximum absolute atomic E-state index is 12.4. The van der Waals surface area contributed by atoms with Crippen molar-refractivity contribution >= 4 is 16.8 Å². The van der Waals surface area contributed by atoms with Crippen molar-refractivity contribution in [3.8, 4) is 0 Å². The number of carbonyl (C=O) groups excluding carboxylic acids is 1. The first kappa shape index (κ1) is 15.3. The highest BCUT2D eigenvalue weighted by atomic mass is 16.2. The van der Waals surface area contributed by atoms with E-state index >= 15 is 0 Å². The van der Waals surface area contributed by atoms with Crippen LogP contribution < -0.4 is 0 Å². The molecule has 0 bridgehead atoms. The zero-order valence-electron chi connectivity index (χ0n) is 13.7. The molecular weight excluding hydrogens is 284 g/mol. The largest absolute Gasteiger partial charge is 0.361 e. The van der Waals surface area contributed by atoms with E-state index in [0.29, 0.717) is 6.42 Å². The van der Waals surface area contributed by atoms with Gasteiger partial charge in [0.1, 0.15) is 0 Å². The number of carbonyl (C=O) groups is 1. The Labute approximate surface area is 136 Å². The second kappa shape index (κ2) is 6.69. The molecule has 0 saturated heterocycles. The molecule has 118 valence electrons. The number of hydrogen-bond acceptors (Lipinski definition) is 1. The minimum absolute atomic E-state index is 0.162. The topological polar surface area (TPSA) is 36.1 Å². The third kappa shape index (κ3) is 3.62. The Morgan fingerprint density at radius 3 is 2.78 bits per heavy atom. The van der Waals surface area contributed by atoms with Gasteiger partial charge in [-0.05, 0) is 30.5 Å². The molecule has 3 aromatic rings. The molecule has 1 aromatic heterocycles. The maximum Gasteiger partial charge on any atom is 0.226 e. The number of hydrogen-bond donors (Lipinski definition) is 1. The Morgan fingerprint density at radius 2 is 1.96 bits per heavy atom. The van der Waals surface area contributed by atoms with Crippen molar-refractivity contribution in [1.82, 2.24) is 9.88 Å². The summed E-state index contributed by atoms with van der Waals surface area (Å²) in [5.74, 6) is 0.162.